The van der Waals surface area contributed by atoms with E-state index in [-0.39, 0.29) is 11.5 Å². The Kier molecular flexibility index (Phi) is 4.91. The van der Waals surface area contributed by atoms with Crippen molar-refractivity contribution in [1.29, 1.82) is 0 Å². The number of nitrogens with zero attached hydrogens (tertiary/aromatic N) is 3. The summed E-state index contributed by atoms with van der Waals surface area (Å²) in [5.74, 6) is 1.13. The molecule has 32 heavy (non-hydrogen) atoms. The van der Waals surface area contributed by atoms with Gasteiger partial charge >= 0.3 is 6.18 Å². The number of likely N-dealkylation sites (tertiary alicyclic amines) is 1. The fraction of sp³-hybridized carbons (Fsp3) is 0.417. The van der Waals surface area contributed by atoms with Gasteiger partial charge in [-0.3, -0.25) is 4.79 Å². The highest BCUT2D eigenvalue weighted by Gasteiger charge is 2.38. The molecule has 2 aromatic carbocycles. The zero-order valence-electron chi connectivity index (χ0n) is 18.0. The van der Waals surface area contributed by atoms with Gasteiger partial charge in [-0.15, -0.1) is 0 Å². The van der Waals surface area contributed by atoms with Crippen LogP contribution in [0.15, 0.2) is 30.3 Å². The minimum Gasteiger partial charge on any atom is -0.483 e. The first-order chi connectivity index (χ1) is 15.3. The van der Waals surface area contributed by atoms with Gasteiger partial charge in [-0.25, -0.2) is 4.98 Å². The number of ether oxygens (including phenoxy) is 1. The number of hydrogen-bond donors (Lipinski definition) is 0. The van der Waals surface area contributed by atoms with E-state index in [4.69, 9.17) is 4.74 Å². The molecule has 8 heteroatoms. The number of amides is 1. The molecule has 0 aliphatic carbocycles. The molecule has 0 saturated carbocycles. The summed E-state index contributed by atoms with van der Waals surface area (Å²) in [6.07, 6.45) is -2.46. The summed E-state index contributed by atoms with van der Waals surface area (Å²) >= 11 is 0. The molecule has 1 amide bonds. The number of carbonyl (C=O) groups is 1. The van der Waals surface area contributed by atoms with Gasteiger partial charge in [0.15, 0.2) is 5.75 Å². The molecule has 2 aliphatic heterocycles. The average Bonchev–Trinajstić information content (AvgIpc) is 3.41. The molecule has 0 unspecified atom stereocenters. The first kappa shape index (κ1) is 20.8. The van der Waals surface area contributed by atoms with E-state index in [1.165, 1.54) is 12.1 Å². The van der Waals surface area contributed by atoms with Gasteiger partial charge in [-0.1, -0.05) is 18.2 Å². The molecule has 168 valence electrons. The van der Waals surface area contributed by atoms with Gasteiger partial charge < -0.3 is 14.2 Å². The van der Waals surface area contributed by atoms with Crippen molar-refractivity contribution in [1.82, 2.24) is 14.5 Å². The van der Waals surface area contributed by atoms with Crippen LogP contribution < -0.4 is 4.74 Å². The second-order valence-electron chi connectivity index (χ2n) is 8.55. The van der Waals surface area contributed by atoms with E-state index in [0.717, 1.165) is 48.9 Å². The van der Waals surface area contributed by atoms with Crippen LogP contribution in [0.3, 0.4) is 0 Å². The van der Waals surface area contributed by atoms with Crippen molar-refractivity contribution in [3.63, 3.8) is 0 Å². The Morgan fingerprint density at radius 1 is 1.19 bits per heavy atom. The molecule has 1 atom stereocenters. The van der Waals surface area contributed by atoms with E-state index >= 15 is 0 Å². The Labute approximate surface area is 183 Å². The summed E-state index contributed by atoms with van der Waals surface area (Å²) in [4.78, 5) is 19.8. The van der Waals surface area contributed by atoms with Crippen LogP contribution in [0.5, 0.6) is 5.75 Å². The quantitative estimate of drug-likeness (QED) is 0.547. The summed E-state index contributed by atoms with van der Waals surface area (Å²) in [7, 11) is 1.86. The molecular weight excluding hydrogens is 419 g/mol. The van der Waals surface area contributed by atoms with Gasteiger partial charge in [-0.05, 0) is 44.7 Å². The van der Waals surface area contributed by atoms with Crippen LogP contribution in [-0.4, -0.2) is 33.4 Å². The fourth-order valence-corrected chi connectivity index (χ4v) is 4.84. The maximum absolute atomic E-state index is 13.6. The van der Waals surface area contributed by atoms with E-state index in [1.54, 1.807) is 6.07 Å². The highest BCUT2D eigenvalue weighted by Crippen LogP contribution is 2.44. The standard InChI is InChI=1S/C24H24F3N3O2/c1-14-28-21-19(29(14)2)13-17(23(31)30-11-5-6-12-30)15-9-10-20(32-22(15)21)16-7-3-4-8-18(16)24(25,26)27/h3-4,7-8,13,20H,5-6,9-12H2,1-2H3/t20-/m0/s1. The fourth-order valence-electron chi connectivity index (χ4n) is 4.84. The van der Waals surface area contributed by atoms with Gasteiger partial charge in [0, 0.05) is 36.8 Å². The van der Waals surface area contributed by atoms with Crippen molar-refractivity contribution in [3.05, 3.63) is 58.4 Å². The minimum atomic E-state index is -4.47. The predicted octanol–water partition coefficient (Wildman–Crippen LogP) is 5.20. The molecule has 3 heterocycles. The van der Waals surface area contributed by atoms with Crippen LogP contribution >= 0.6 is 0 Å². The first-order valence-corrected chi connectivity index (χ1v) is 10.9. The lowest BCUT2D eigenvalue weighted by molar-refractivity contribution is -0.139. The number of rotatable bonds is 2. The number of hydrogen-bond acceptors (Lipinski definition) is 3. The highest BCUT2D eigenvalue weighted by molar-refractivity contribution is 6.01. The van der Waals surface area contributed by atoms with Gasteiger partial charge in [0.05, 0.1) is 11.1 Å². The third-order valence-electron chi connectivity index (χ3n) is 6.61. The number of imidazole rings is 1. The Hall–Kier alpha value is -3.03. The number of fused-ring (bicyclic) bond motifs is 3. The number of aryl methyl sites for hydroxylation is 2. The zero-order chi connectivity index (χ0) is 22.6. The van der Waals surface area contributed by atoms with Crippen molar-refractivity contribution in [2.45, 2.75) is 44.9 Å². The van der Waals surface area contributed by atoms with Crippen LogP contribution in [-0.2, 0) is 19.6 Å². The van der Waals surface area contributed by atoms with Crippen LogP contribution in [0.2, 0.25) is 0 Å². The zero-order valence-corrected chi connectivity index (χ0v) is 18.0. The highest BCUT2D eigenvalue weighted by atomic mass is 19.4. The van der Waals surface area contributed by atoms with E-state index in [1.807, 2.05) is 29.5 Å². The third-order valence-corrected chi connectivity index (χ3v) is 6.61. The van der Waals surface area contributed by atoms with Gasteiger partial charge in [0.1, 0.15) is 17.4 Å². The van der Waals surface area contributed by atoms with E-state index < -0.39 is 17.8 Å². The third kappa shape index (κ3) is 3.32. The van der Waals surface area contributed by atoms with Crippen molar-refractivity contribution in [2.24, 2.45) is 7.05 Å². The topological polar surface area (TPSA) is 47.4 Å². The Morgan fingerprint density at radius 3 is 2.62 bits per heavy atom. The summed E-state index contributed by atoms with van der Waals surface area (Å²) in [6, 6.07) is 7.40. The number of aromatic nitrogens is 2. The lowest BCUT2D eigenvalue weighted by Crippen LogP contribution is -2.30. The second kappa shape index (κ2) is 7.53. The monoisotopic (exact) mass is 443 g/mol. The van der Waals surface area contributed by atoms with Crippen LogP contribution in [0.1, 0.15) is 58.2 Å². The normalized spacial score (nSPS) is 18.7. The maximum atomic E-state index is 13.6. The molecule has 3 aromatic rings. The molecule has 1 fully saturated rings. The number of carbonyl (C=O) groups excluding carboxylic acids is 1. The van der Waals surface area contributed by atoms with E-state index in [0.29, 0.717) is 29.7 Å². The largest absolute Gasteiger partial charge is 0.483 e. The lowest BCUT2D eigenvalue weighted by Gasteiger charge is -2.30. The molecule has 0 spiro atoms. The van der Waals surface area contributed by atoms with Crippen molar-refractivity contribution in [3.8, 4) is 5.75 Å². The number of halogens is 3. The van der Waals surface area contributed by atoms with Crippen LogP contribution in [0, 0.1) is 6.92 Å². The van der Waals surface area contributed by atoms with E-state index in [2.05, 4.69) is 4.98 Å². The van der Waals surface area contributed by atoms with Crippen molar-refractivity contribution < 1.29 is 22.7 Å². The Bertz CT molecular complexity index is 1210. The molecule has 1 aromatic heterocycles. The summed E-state index contributed by atoms with van der Waals surface area (Å²) in [5, 5.41) is 0. The summed E-state index contributed by atoms with van der Waals surface area (Å²) in [5.41, 5.74) is 2.07. The van der Waals surface area contributed by atoms with Gasteiger partial charge in [-0.2, -0.15) is 13.2 Å². The SMILES string of the molecule is Cc1nc2c3c(c(C(=O)N4CCCC4)cc2n1C)CC[C@@H](c1ccccc1C(F)(F)F)O3. The minimum absolute atomic E-state index is 0.0442. The second-order valence-corrected chi connectivity index (χ2v) is 8.55. The number of alkyl halides is 3. The van der Waals surface area contributed by atoms with Crippen molar-refractivity contribution in [2.75, 3.05) is 13.1 Å². The first-order valence-electron chi connectivity index (χ1n) is 10.9. The number of benzene rings is 2. The molecule has 5 rings (SSSR count). The van der Waals surface area contributed by atoms with Gasteiger partial charge in [0.2, 0.25) is 0 Å². The van der Waals surface area contributed by atoms with Crippen molar-refractivity contribution >= 4 is 16.9 Å². The Morgan fingerprint density at radius 2 is 1.91 bits per heavy atom. The Balaban J connectivity index is 1.64. The molecule has 0 bridgehead atoms. The molecular formula is C24H24F3N3O2. The lowest BCUT2D eigenvalue weighted by atomic mass is 9.91. The predicted molar refractivity (Wildman–Crippen MR) is 114 cm³/mol. The van der Waals surface area contributed by atoms with Crippen LogP contribution in [0.25, 0.3) is 11.0 Å². The molecule has 0 N–H and O–H groups in total. The summed E-state index contributed by atoms with van der Waals surface area (Å²) < 4.78 is 49.0. The maximum Gasteiger partial charge on any atom is 0.416 e. The summed E-state index contributed by atoms with van der Waals surface area (Å²) in [6.45, 7) is 3.30. The van der Waals surface area contributed by atoms with E-state index in [9.17, 15) is 18.0 Å². The smallest absolute Gasteiger partial charge is 0.416 e. The molecule has 0 radical (unpaired) electrons. The molecule has 2 aliphatic rings. The molecule has 5 nitrogen and oxygen atoms in total. The average molecular weight is 443 g/mol. The van der Waals surface area contributed by atoms with Crippen LogP contribution in [0.4, 0.5) is 13.2 Å². The molecule has 1 saturated heterocycles. The van der Waals surface area contributed by atoms with Gasteiger partial charge in [0.25, 0.3) is 5.91 Å².